The number of fused-ring (bicyclic) bond motifs is 2. The number of nitrogens with one attached hydrogen (secondary N) is 1. The first-order chi connectivity index (χ1) is 27.7. The van der Waals surface area contributed by atoms with Gasteiger partial charge in [-0.3, -0.25) is 19.3 Å². The number of carbonyl (C=O) groups is 3. The second-order valence-corrected chi connectivity index (χ2v) is 17.3. The largest absolute Gasteiger partial charge is 0.508 e. The molecule has 9 rings (SSSR count). The van der Waals surface area contributed by atoms with Gasteiger partial charge in [0, 0.05) is 74.6 Å². The lowest BCUT2D eigenvalue weighted by atomic mass is 9.69. The number of nitrogens with zero attached hydrogens (tertiary/aromatic N) is 4. The molecular weight excluding hydrogens is 711 g/mol. The highest BCUT2D eigenvalue weighted by atomic mass is 16.3. The Labute approximate surface area is 336 Å². The lowest BCUT2D eigenvalue weighted by Crippen LogP contribution is -2.60. The molecule has 0 saturated carbocycles. The number of carbonyl (C=O) groups excluding carboxylic acids is 3. The molecule has 294 valence electrons. The average Bonchev–Trinajstić information content (AvgIpc) is 3.63. The van der Waals surface area contributed by atoms with Crippen LogP contribution in [0.5, 0.6) is 5.75 Å². The van der Waals surface area contributed by atoms with Crippen molar-refractivity contribution >= 4 is 23.8 Å². The number of aryl methyl sites for hydroxylation is 1. The molecule has 9 nitrogen and oxygen atoms in total. The zero-order valence-corrected chi connectivity index (χ0v) is 33.0. The van der Waals surface area contributed by atoms with Crippen LogP contribution >= 0.6 is 0 Å². The van der Waals surface area contributed by atoms with Crippen LogP contribution in [-0.2, 0) is 24.3 Å². The first kappa shape index (κ1) is 37.3. The fourth-order valence-electron chi connectivity index (χ4n) is 10.4. The summed E-state index contributed by atoms with van der Waals surface area (Å²) in [7, 11) is 1.64. The predicted molar refractivity (Wildman–Crippen MR) is 223 cm³/mol. The van der Waals surface area contributed by atoms with Crippen molar-refractivity contribution in [3.05, 3.63) is 142 Å². The van der Waals surface area contributed by atoms with Gasteiger partial charge in [0.05, 0.1) is 5.56 Å². The van der Waals surface area contributed by atoms with Gasteiger partial charge in [0.1, 0.15) is 11.8 Å². The van der Waals surface area contributed by atoms with Gasteiger partial charge in [-0.15, -0.1) is 0 Å². The van der Waals surface area contributed by atoms with E-state index in [1.165, 1.54) is 45.7 Å². The number of hydrogen-bond donors (Lipinski definition) is 2. The van der Waals surface area contributed by atoms with E-state index >= 15 is 0 Å². The number of piperidine rings is 2. The number of amides is 2. The molecule has 9 heteroatoms. The predicted octanol–water partition coefficient (Wildman–Crippen LogP) is 6.85. The molecule has 0 bridgehead atoms. The van der Waals surface area contributed by atoms with Crippen LogP contribution in [0.2, 0.25) is 0 Å². The Bertz CT molecular complexity index is 2190. The summed E-state index contributed by atoms with van der Waals surface area (Å²) >= 11 is 0. The number of aromatic hydroxyl groups is 1. The summed E-state index contributed by atoms with van der Waals surface area (Å²) in [6, 6.07) is 29.3. The first-order valence-corrected chi connectivity index (χ1v) is 20.7. The second-order valence-electron chi connectivity index (χ2n) is 17.3. The molecular formula is C48H53N5O4. The third-order valence-electron chi connectivity index (χ3n) is 13.8. The van der Waals surface area contributed by atoms with Crippen LogP contribution < -0.4 is 10.2 Å². The van der Waals surface area contributed by atoms with E-state index in [0.717, 1.165) is 82.6 Å². The minimum Gasteiger partial charge on any atom is -0.508 e. The maximum Gasteiger partial charge on any atom is 0.255 e. The van der Waals surface area contributed by atoms with Gasteiger partial charge < -0.3 is 25.1 Å². The molecule has 0 radical (unpaired) electrons. The van der Waals surface area contributed by atoms with Crippen molar-refractivity contribution in [1.29, 1.82) is 0 Å². The molecule has 1 spiro atoms. The molecule has 4 aliphatic heterocycles. The molecule has 2 amide bonds. The van der Waals surface area contributed by atoms with Gasteiger partial charge in [-0.25, -0.2) is 0 Å². The van der Waals surface area contributed by atoms with Gasteiger partial charge in [0.25, 0.3) is 5.91 Å². The topological polar surface area (TPSA) is 96.4 Å². The van der Waals surface area contributed by atoms with E-state index in [2.05, 4.69) is 87.3 Å². The lowest BCUT2D eigenvalue weighted by Gasteiger charge is -2.55. The molecule has 0 aromatic heterocycles. The van der Waals surface area contributed by atoms with Crippen LogP contribution in [0.25, 0.3) is 0 Å². The number of hydrogen-bond acceptors (Lipinski definition) is 7. The Morgan fingerprint density at radius 1 is 0.877 bits per heavy atom. The van der Waals surface area contributed by atoms with E-state index in [4.69, 9.17) is 0 Å². The van der Waals surface area contributed by atoms with Crippen LogP contribution in [0.1, 0.15) is 98.0 Å². The number of rotatable bonds is 9. The van der Waals surface area contributed by atoms with Crippen molar-refractivity contribution in [2.45, 2.75) is 69.5 Å². The van der Waals surface area contributed by atoms with Gasteiger partial charge in [-0.2, -0.15) is 0 Å². The van der Waals surface area contributed by atoms with Crippen LogP contribution in [0, 0.1) is 5.41 Å². The zero-order valence-electron chi connectivity index (χ0n) is 33.0. The standard InChI is InChI=1S/C48H53N5O4/c1-32-8-17-44(46(56)49-32)50(2)47(57)43-26-37-28-52(27-36(37)24-38(43)29-54)23-22-51-20-18-48(19-21-51)30-53(31-48)39-12-9-34(10-13-39)45-41(33-6-4-3-5-7-33)15-11-35-25-40(55)14-16-42(35)45/h3-7,9-10,12-14,16,24-26,29,41,44-45,55H,1,8,11,15,17-23,27-28,30-31H2,2H3,(H,49,56). The quantitative estimate of drug-likeness (QED) is 0.180. The Kier molecular flexibility index (Phi) is 9.99. The normalized spacial score (nSPS) is 23.0. The molecule has 5 aliphatic rings. The van der Waals surface area contributed by atoms with E-state index in [1.54, 1.807) is 7.05 Å². The van der Waals surface area contributed by atoms with Gasteiger partial charge >= 0.3 is 0 Å². The third kappa shape index (κ3) is 7.28. The highest BCUT2D eigenvalue weighted by Gasteiger charge is 2.45. The maximum atomic E-state index is 13.6. The molecule has 2 N–H and O–H groups in total. The number of phenolic OH excluding ortho intramolecular Hbond substituents is 1. The fourth-order valence-corrected chi connectivity index (χ4v) is 10.4. The summed E-state index contributed by atoms with van der Waals surface area (Å²) < 4.78 is 0. The SMILES string of the molecule is C=C1CCC(N(C)C(=O)c2cc3c(cc2C=O)CN(CCN2CCC4(CC2)CN(c2ccc(C5c6ccc(O)cc6CCC5c5ccccc5)cc2)C4)C3)C(=O)N1. The number of allylic oxidation sites excluding steroid dienone is 1. The summed E-state index contributed by atoms with van der Waals surface area (Å²) in [5.74, 6) is 0.478. The summed E-state index contributed by atoms with van der Waals surface area (Å²) in [6.07, 6.45) is 6.37. The average molecular weight is 764 g/mol. The molecule has 3 fully saturated rings. The Balaban J connectivity index is 0.776. The molecule has 3 saturated heterocycles. The van der Waals surface area contributed by atoms with Gasteiger partial charge in [0.15, 0.2) is 6.29 Å². The smallest absolute Gasteiger partial charge is 0.255 e. The molecule has 4 heterocycles. The van der Waals surface area contributed by atoms with E-state index in [9.17, 15) is 19.5 Å². The van der Waals surface area contributed by atoms with E-state index in [0.29, 0.717) is 46.7 Å². The van der Waals surface area contributed by atoms with Crippen LogP contribution in [0.15, 0.2) is 97.2 Å². The van der Waals surface area contributed by atoms with Crippen LogP contribution in [0.4, 0.5) is 5.69 Å². The summed E-state index contributed by atoms with van der Waals surface area (Å²) in [4.78, 5) is 47.3. The number of likely N-dealkylation sites (N-methyl/N-ethyl adjacent to an activating group) is 1. The van der Waals surface area contributed by atoms with Crippen molar-refractivity contribution in [3.63, 3.8) is 0 Å². The number of likely N-dealkylation sites (tertiary alicyclic amines) is 1. The molecule has 4 aromatic rings. The molecule has 3 unspecified atom stereocenters. The van der Waals surface area contributed by atoms with Gasteiger partial charge in [0.2, 0.25) is 5.91 Å². The van der Waals surface area contributed by atoms with E-state index in [-0.39, 0.29) is 17.7 Å². The van der Waals surface area contributed by atoms with Crippen molar-refractivity contribution < 1.29 is 19.5 Å². The van der Waals surface area contributed by atoms with Gasteiger partial charge in [-0.1, -0.05) is 55.1 Å². The number of aldehydes is 1. The second kappa shape index (κ2) is 15.3. The fraction of sp³-hybridized carbons (Fsp3) is 0.396. The van der Waals surface area contributed by atoms with Crippen molar-refractivity contribution in [3.8, 4) is 5.75 Å². The van der Waals surface area contributed by atoms with E-state index < -0.39 is 6.04 Å². The zero-order chi connectivity index (χ0) is 39.3. The van der Waals surface area contributed by atoms with Gasteiger partial charge in [-0.05, 0) is 127 Å². The van der Waals surface area contributed by atoms with Crippen molar-refractivity contribution in [2.24, 2.45) is 5.41 Å². The summed E-state index contributed by atoms with van der Waals surface area (Å²) in [6.45, 7) is 11.7. The maximum absolute atomic E-state index is 13.6. The van der Waals surface area contributed by atoms with E-state index in [1.807, 2.05) is 24.3 Å². The molecule has 57 heavy (non-hydrogen) atoms. The summed E-state index contributed by atoms with van der Waals surface area (Å²) in [5, 5.41) is 13.0. The highest BCUT2D eigenvalue weighted by Crippen LogP contribution is 2.48. The Morgan fingerprint density at radius 3 is 2.32 bits per heavy atom. The molecule has 3 atom stereocenters. The summed E-state index contributed by atoms with van der Waals surface area (Å²) in [5.41, 5.74) is 10.6. The van der Waals surface area contributed by atoms with Crippen molar-refractivity contribution in [1.82, 2.24) is 20.0 Å². The third-order valence-corrected chi connectivity index (χ3v) is 13.8. The molecule has 4 aromatic carbocycles. The Hall–Kier alpha value is -5.25. The Morgan fingerprint density at radius 2 is 1.60 bits per heavy atom. The number of phenols is 1. The minimum absolute atomic E-state index is 0.228. The van der Waals surface area contributed by atoms with Crippen molar-refractivity contribution in [2.75, 3.05) is 51.2 Å². The highest BCUT2D eigenvalue weighted by molar-refractivity contribution is 6.03. The first-order valence-electron chi connectivity index (χ1n) is 20.7. The number of benzene rings is 4. The minimum atomic E-state index is -0.581. The van der Waals surface area contributed by atoms with Crippen LogP contribution in [-0.4, -0.2) is 90.3 Å². The van der Waals surface area contributed by atoms with Crippen LogP contribution in [0.3, 0.4) is 0 Å². The lowest BCUT2D eigenvalue weighted by molar-refractivity contribution is -0.125. The monoisotopic (exact) mass is 763 g/mol. The number of anilines is 1. The molecule has 1 aliphatic carbocycles.